The van der Waals surface area contributed by atoms with Crippen molar-refractivity contribution < 1.29 is 143 Å². The Morgan fingerprint density at radius 2 is 0.144 bits per heavy atom. The van der Waals surface area contributed by atoms with Gasteiger partial charge in [0.2, 0.25) is 0 Å². The van der Waals surface area contributed by atoms with Crippen molar-refractivity contribution >= 4 is 207 Å². The fourth-order valence-electron chi connectivity index (χ4n) is 0. The Labute approximate surface area is 568 Å². The third-order valence-electron chi connectivity index (χ3n) is 0. The molecule has 0 aromatic heterocycles. The number of halogens is 6. The van der Waals surface area contributed by atoms with Crippen molar-refractivity contribution in [1.82, 2.24) is 0 Å². The van der Waals surface area contributed by atoms with E-state index in [0.29, 0.717) is 0 Å². The summed E-state index contributed by atoms with van der Waals surface area (Å²) in [5.41, 5.74) is 0. The first-order valence-electron chi connectivity index (χ1n) is 21.0. The van der Waals surface area contributed by atoms with Gasteiger partial charge in [-0.3, -0.25) is 0 Å². The van der Waals surface area contributed by atoms with Crippen LogP contribution in [-0.4, -0.2) is 313 Å². The van der Waals surface area contributed by atoms with E-state index in [1.165, 1.54) is 0 Å². The van der Waals surface area contributed by atoms with Gasteiger partial charge in [0, 0.05) is 0 Å². The minimum atomic E-state index is -6.12. The molecule has 0 aliphatic rings. The van der Waals surface area contributed by atoms with Gasteiger partial charge < -0.3 is 0 Å². The van der Waals surface area contributed by atoms with E-state index < -0.39 is 207 Å². The van der Waals surface area contributed by atoms with E-state index in [4.69, 9.17) is 71.6 Å². The molecule has 90 heavy (non-hydrogen) atoms. The predicted octanol–water partition coefficient (Wildman–Crippen LogP) is -10.2. The zero-order chi connectivity index (χ0) is 81.0. The topological polar surface area (TPSA) is 584 Å². The first-order chi connectivity index (χ1) is 36.0. The summed E-state index contributed by atoms with van der Waals surface area (Å²) in [7, 11) is -17.0. The maximum atomic E-state index is 10.2. The van der Waals surface area contributed by atoms with Crippen LogP contribution in [0.2, 0.25) is 0 Å². The molecule has 0 fully saturated rings. The summed E-state index contributed by atoms with van der Waals surface area (Å²) in [6.07, 6.45) is 61.8. The van der Waals surface area contributed by atoms with E-state index in [1.54, 1.807) is 225 Å². The van der Waals surface area contributed by atoms with Gasteiger partial charge in [0.1, 0.15) is 225 Å². The van der Waals surface area contributed by atoms with E-state index in [0.717, 1.165) is 0 Å². The molecule has 576 valence electrons. The van der Waals surface area contributed by atoms with E-state index in [2.05, 4.69) is 0 Å². The van der Waals surface area contributed by atoms with Crippen LogP contribution < -0.4 is 49.1 Å². The van der Waals surface area contributed by atoms with Crippen LogP contribution in [0, 0.1) is 0 Å². The molecule has 0 atom stereocenters. The third kappa shape index (κ3) is 79300. The first kappa shape index (κ1) is 140. The van der Waals surface area contributed by atoms with Crippen molar-refractivity contribution in [2.45, 2.75) is 0 Å². The van der Waals surface area contributed by atoms with Gasteiger partial charge in [0.15, 0.2) is 0 Å². The SMILES string of the molecule is C[S+](C)(C)=O.C[S+](C)(C)=O.C[S+](C)(C)=O.C[S+](C)(C)=O.C[S+](C)(C)=O.C[S+](C)(C)=O.C[S+](C)(C)=O.C[S+](C)(C)=O.C[S+](C)(C)=O.C[S+](C)(C)=O.C[S+](C)(C)=O.C[S+](C)(C)=O.O=[As]([O-])([O-])F.O=[As]([O-])([O-])F.O=[As]([O-])([O-])F.O=[As]([O-])([O-])F.O=[As]([O-])([O-])F.O=[As]([O-])([O-])F. The molecular formula is C36H108As6F6O30S12. The van der Waals surface area contributed by atoms with Crippen molar-refractivity contribution in [3.63, 3.8) is 0 Å². The van der Waals surface area contributed by atoms with Gasteiger partial charge in [-0.1, -0.05) is 0 Å². The number of rotatable bonds is 0. The molecule has 0 saturated heterocycles. The maximum absolute atomic E-state index is 10.2. The molecule has 0 N–H and O–H groups in total. The van der Waals surface area contributed by atoms with Crippen molar-refractivity contribution in [3.8, 4) is 0 Å². The predicted molar refractivity (Wildman–Crippen MR) is 355 cm³/mol. The summed E-state index contributed by atoms with van der Waals surface area (Å²) in [4.78, 5) is 0. The Kier molecular flexibility index (Phi) is 96.2. The van der Waals surface area contributed by atoms with Crippen LogP contribution in [0.4, 0.5) is 20.8 Å². The summed E-state index contributed by atoms with van der Waals surface area (Å²) in [6, 6.07) is 0. The molecule has 0 aromatic rings. The molecule has 54 heteroatoms. The molecule has 30 nitrogen and oxygen atoms in total. The molecule has 0 heterocycles. The average Bonchev–Trinajstić information content (AvgIpc) is 2.79. The summed E-state index contributed by atoms with van der Waals surface area (Å²) < 4.78 is 336. The molecule has 0 aromatic carbocycles. The first-order valence-corrected chi connectivity index (χ1v) is 72.4. The van der Waals surface area contributed by atoms with E-state index >= 15 is 0 Å². The van der Waals surface area contributed by atoms with E-state index in [1.807, 2.05) is 0 Å². The van der Waals surface area contributed by atoms with Gasteiger partial charge in [-0.25, -0.2) is 0 Å². The van der Waals surface area contributed by atoms with Crippen LogP contribution in [0.5, 0.6) is 0 Å². The molecule has 0 amide bonds. The third-order valence-corrected chi connectivity index (χ3v) is 0. The van der Waals surface area contributed by atoms with Crippen molar-refractivity contribution in [3.05, 3.63) is 0 Å². The van der Waals surface area contributed by atoms with Crippen LogP contribution in [0.1, 0.15) is 0 Å². The quantitative estimate of drug-likeness (QED) is 0.123. The van der Waals surface area contributed by atoms with Gasteiger partial charge in [-0.15, -0.1) is 50.5 Å². The second-order valence-electron chi connectivity index (χ2n) is 23.3. The molecule has 0 bridgehead atoms. The Bertz CT molecular complexity index is 1760. The van der Waals surface area contributed by atoms with Gasteiger partial charge in [-0.05, 0) is 0 Å². The van der Waals surface area contributed by atoms with Gasteiger partial charge in [0.05, 0.1) is 119 Å². The minimum absolute atomic E-state index is 1.42. The molecule has 0 unspecified atom stereocenters. The Balaban J connectivity index is -0.0000000381. The standard InChI is InChI=1S/12C3H9OS.6AsFH2O3/c12*1-5(2,3)4;6*2-1(3,4)5/h12*1-3H3;6*(H2,3,4,5)/q12*+1;;;;;;/p-12. The average molecular weight is 1970 g/mol. The van der Waals surface area contributed by atoms with Gasteiger partial charge >= 0.3 is 180 Å². The number of hydrogen-bond donors (Lipinski definition) is 0. The monoisotopic (exact) mass is 1970 g/mol. The zero-order valence-corrected chi connectivity index (χ0v) is 79.2. The van der Waals surface area contributed by atoms with Crippen molar-refractivity contribution in [2.24, 2.45) is 0 Å². The molecule has 0 spiro atoms. The summed E-state index contributed by atoms with van der Waals surface area (Å²) in [5.74, 6) is 0. The van der Waals surface area contributed by atoms with Crippen LogP contribution in [0.25, 0.3) is 0 Å². The van der Waals surface area contributed by atoms with Gasteiger partial charge in [0.25, 0.3) is 0 Å². The molecule has 0 rings (SSSR count). The van der Waals surface area contributed by atoms with Crippen molar-refractivity contribution in [1.29, 1.82) is 0 Å². The number of hydrogen-bond acceptors (Lipinski definition) is 30. The summed E-state index contributed by atoms with van der Waals surface area (Å²) >= 11 is -36.8. The second kappa shape index (κ2) is 61.9. The second-order valence-corrected chi connectivity index (χ2v) is 75.5. The summed E-state index contributed by atoms with van der Waals surface area (Å²) in [6.45, 7) is 0. The molecule has 0 radical (unpaired) electrons. The molecule has 0 saturated carbocycles. The Morgan fingerprint density at radius 1 is 0.144 bits per heavy atom. The van der Waals surface area contributed by atoms with Crippen molar-refractivity contribution in [2.75, 3.05) is 225 Å². The molecule has 0 aliphatic carbocycles. The fourth-order valence-corrected chi connectivity index (χ4v) is 0. The normalized spacial score (nSPS) is 11.8. The van der Waals surface area contributed by atoms with Gasteiger partial charge in [-0.2, -0.15) is 0 Å². The van der Waals surface area contributed by atoms with E-state index in [9.17, 15) is 71.3 Å². The zero-order valence-electron chi connectivity index (χ0n) is 58.1. The molecular weight excluding hydrogens is 1860 g/mol. The van der Waals surface area contributed by atoms with Crippen LogP contribution in [0.3, 0.4) is 0 Å². The fraction of sp³-hybridized carbons (Fsp3) is 1.00. The van der Waals surface area contributed by atoms with Crippen LogP contribution >= 0.6 is 0 Å². The Hall–Kier alpha value is 3.05. The van der Waals surface area contributed by atoms with Crippen LogP contribution in [0.15, 0.2) is 0 Å². The molecule has 0 aliphatic heterocycles. The van der Waals surface area contributed by atoms with Crippen LogP contribution in [-0.2, 0) is 192 Å². The Morgan fingerprint density at radius 3 is 0.144 bits per heavy atom. The summed E-state index contributed by atoms with van der Waals surface area (Å²) in [5, 5.41) is 0. The van der Waals surface area contributed by atoms with E-state index in [-0.39, 0.29) is 0 Å².